The van der Waals surface area contributed by atoms with Gasteiger partial charge in [-0.1, -0.05) is 30.3 Å². The van der Waals surface area contributed by atoms with Gasteiger partial charge in [0, 0.05) is 30.8 Å². The molecule has 1 aliphatic heterocycles. The first-order valence-corrected chi connectivity index (χ1v) is 13.2. The van der Waals surface area contributed by atoms with E-state index in [-0.39, 0.29) is 30.2 Å². The van der Waals surface area contributed by atoms with Gasteiger partial charge in [-0.3, -0.25) is 4.79 Å². The van der Waals surface area contributed by atoms with Crippen molar-refractivity contribution < 1.29 is 18.7 Å². The minimum atomic E-state index is -0.578. The minimum Gasteiger partial charge on any atom is -0.444 e. The number of piperidine rings is 1. The molecule has 1 fully saturated rings. The molecule has 2 amide bonds. The zero-order valence-corrected chi connectivity index (χ0v) is 22.7. The van der Waals surface area contributed by atoms with E-state index in [1.165, 1.54) is 24.5 Å². The van der Waals surface area contributed by atoms with Crippen LogP contribution < -0.4 is 11.1 Å². The molecule has 0 aliphatic carbocycles. The summed E-state index contributed by atoms with van der Waals surface area (Å²) in [5, 5.41) is 8.36. The van der Waals surface area contributed by atoms with Crippen LogP contribution in [0.3, 0.4) is 0 Å². The second-order valence-corrected chi connectivity index (χ2v) is 10.9. The van der Waals surface area contributed by atoms with Gasteiger partial charge in [-0.25, -0.2) is 23.8 Å². The number of anilines is 1. The molecular formula is C29H32FN7O3. The highest BCUT2D eigenvalue weighted by Crippen LogP contribution is 2.34. The number of aromatic nitrogens is 4. The van der Waals surface area contributed by atoms with E-state index in [0.717, 1.165) is 24.0 Å². The normalized spacial score (nSPS) is 15.7. The summed E-state index contributed by atoms with van der Waals surface area (Å²) >= 11 is 0. The van der Waals surface area contributed by atoms with Gasteiger partial charge in [0.05, 0.1) is 11.4 Å². The Labute approximate surface area is 231 Å². The number of hydrogen-bond acceptors (Lipinski definition) is 7. The van der Waals surface area contributed by atoms with Gasteiger partial charge in [-0.15, -0.1) is 0 Å². The molecule has 40 heavy (non-hydrogen) atoms. The maximum absolute atomic E-state index is 13.4. The number of amides is 2. The van der Waals surface area contributed by atoms with Crippen molar-refractivity contribution in [2.45, 2.75) is 51.8 Å². The molecule has 3 heterocycles. The largest absolute Gasteiger partial charge is 0.444 e. The Morgan fingerprint density at radius 2 is 1.93 bits per heavy atom. The predicted molar refractivity (Wildman–Crippen MR) is 149 cm³/mol. The van der Waals surface area contributed by atoms with Crippen LogP contribution in [0.5, 0.6) is 0 Å². The molecule has 1 atom stereocenters. The molecule has 0 saturated carbocycles. The molecule has 10 nitrogen and oxygen atoms in total. The van der Waals surface area contributed by atoms with E-state index < -0.39 is 11.4 Å². The predicted octanol–water partition coefficient (Wildman–Crippen LogP) is 4.72. The number of benzene rings is 2. The Morgan fingerprint density at radius 1 is 1.15 bits per heavy atom. The van der Waals surface area contributed by atoms with Crippen LogP contribution in [-0.2, 0) is 11.3 Å². The lowest BCUT2D eigenvalue weighted by atomic mass is 10.1. The van der Waals surface area contributed by atoms with E-state index in [0.29, 0.717) is 35.6 Å². The number of rotatable bonds is 5. The molecule has 2 aromatic carbocycles. The maximum atomic E-state index is 13.4. The summed E-state index contributed by atoms with van der Waals surface area (Å²) in [6.45, 7) is 6.89. The van der Waals surface area contributed by atoms with E-state index in [9.17, 15) is 14.0 Å². The zero-order valence-electron chi connectivity index (χ0n) is 22.7. The summed E-state index contributed by atoms with van der Waals surface area (Å²) in [6.07, 6.45) is 2.70. The Bertz CT molecular complexity index is 1550. The van der Waals surface area contributed by atoms with Crippen molar-refractivity contribution in [1.29, 1.82) is 0 Å². The summed E-state index contributed by atoms with van der Waals surface area (Å²) in [6, 6.07) is 13.0. The number of nitrogen functional groups attached to an aromatic ring is 1. The van der Waals surface area contributed by atoms with Gasteiger partial charge in [0.15, 0.2) is 5.65 Å². The van der Waals surface area contributed by atoms with E-state index in [2.05, 4.69) is 15.3 Å². The van der Waals surface area contributed by atoms with Crippen LogP contribution in [0.1, 0.15) is 55.6 Å². The van der Waals surface area contributed by atoms with Gasteiger partial charge < -0.3 is 20.7 Å². The third-order valence-electron chi connectivity index (χ3n) is 6.68. The minimum absolute atomic E-state index is 0.107. The Kier molecular flexibility index (Phi) is 7.38. The topological polar surface area (TPSA) is 128 Å². The van der Waals surface area contributed by atoms with Crippen molar-refractivity contribution in [2.75, 3.05) is 18.8 Å². The van der Waals surface area contributed by atoms with Gasteiger partial charge >= 0.3 is 6.09 Å². The first-order chi connectivity index (χ1) is 19.1. The van der Waals surface area contributed by atoms with Crippen molar-refractivity contribution in [3.05, 3.63) is 71.8 Å². The summed E-state index contributed by atoms with van der Waals surface area (Å²) < 4.78 is 20.9. The van der Waals surface area contributed by atoms with E-state index >= 15 is 0 Å². The molecule has 208 valence electrons. The average molecular weight is 546 g/mol. The molecule has 0 radical (unpaired) electrons. The lowest BCUT2D eigenvalue weighted by molar-refractivity contribution is 0.0169. The third kappa shape index (κ3) is 5.88. The number of nitrogens with zero attached hydrogens (tertiary/aromatic N) is 5. The number of carbonyl (C=O) groups is 2. The second-order valence-electron chi connectivity index (χ2n) is 10.9. The quantitative estimate of drug-likeness (QED) is 0.371. The van der Waals surface area contributed by atoms with Gasteiger partial charge in [-0.05, 0) is 57.4 Å². The Morgan fingerprint density at radius 3 is 2.65 bits per heavy atom. The second kappa shape index (κ2) is 10.9. The number of likely N-dealkylation sites (tertiary alicyclic amines) is 1. The molecule has 5 rings (SSSR count). The first kappa shape index (κ1) is 27.0. The number of halogens is 1. The molecule has 1 aliphatic rings. The number of hydrogen-bond donors (Lipinski definition) is 2. The van der Waals surface area contributed by atoms with E-state index in [1.54, 1.807) is 11.0 Å². The van der Waals surface area contributed by atoms with Crippen molar-refractivity contribution in [2.24, 2.45) is 0 Å². The van der Waals surface area contributed by atoms with Crippen LogP contribution >= 0.6 is 0 Å². The fourth-order valence-electron chi connectivity index (χ4n) is 4.79. The monoisotopic (exact) mass is 545 g/mol. The SMILES string of the molecule is CC(C)(C)OC(=O)N1CCC[C@@H](n2nc(-c3ccc(CNC(=O)c4cccc(F)c4)cc3)c3c(N)ncnc32)C1. The fourth-order valence-corrected chi connectivity index (χ4v) is 4.79. The Hall–Kier alpha value is -4.54. The molecule has 4 aromatic rings. The first-order valence-electron chi connectivity index (χ1n) is 13.2. The number of fused-ring (bicyclic) bond motifs is 1. The van der Waals surface area contributed by atoms with Crippen molar-refractivity contribution in [1.82, 2.24) is 30.0 Å². The Balaban J connectivity index is 1.37. The lowest BCUT2D eigenvalue weighted by Crippen LogP contribution is -2.43. The number of nitrogens with two attached hydrogens (primary N) is 1. The molecule has 0 spiro atoms. The number of carbonyl (C=O) groups excluding carboxylic acids is 2. The number of nitrogens with one attached hydrogen (secondary N) is 1. The van der Waals surface area contributed by atoms with Crippen molar-refractivity contribution >= 4 is 28.9 Å². The van der Waals surface area contributed by atoms with E-state index in [4.69, 9.17) is 15.6 Å². The molecule has 0 bridgehead atoms. The lowest BCUT2D eigenvalue weighted by Gasteiger charge is -2.34. The number of ether oxygens (including phenoxy) is 1. The van der Waals surface area contributed by atoms with Crippen LogP contribution in [0.4, 0.5) is 15.0 Å². The van der Waals surface area contributed by atoms with Crippen LogP contribution in [0, 0.1) is 5.82 Å². The average Bonchev–Trinajstić information content (AvgIpc) is 3.32. The highest BCUT2D eigenvalue weighted by Gasteiger charge is 2.31. The highest BCUT2D eigenvalue weighted by molar-refractivity contribution is 5.98. The van der Waals surface area contributed by atoms with Crippen LogP contribution in [0.15, 0.2) is 54.9 Å². The van der Waals surface area contributed by atoms with Gasteiger partial charge in [0.2, 0.25) is 0 Å². The highest BCUT2D eigenvalue weighted by atomic mass is 19.1. The standard InChI is InChI=1S/C29H32FN7O3/c1-29(2,3)40-28(39)36-13-5-8-22(16-36)37-26-23(25(31)33-17-34-26)24(35-37)19-11-9-18(10-12-19)15-32-27(38)20-6-4-7-21(30)14-20/h4,6-7,9-12,14,17,22H,5,8,13,15-16H2,1-3H3,(H,32,38)(H2,31,33,34)/t22-/m1/s1. The summed E-state index contributed by atoms with van der Waals surface area (Å²) in [5.41, 5.74) is 8.89. The zero-order chi connectivity index (χ0) is 28.4. The molecule has 1 saturated heterocycles. The summed E-state index contributed by atoms with van der Waals surface area (Å²) in [5.74, 6) is -0.499. The molecule has 11 heteroatoms. The molecular weight excluding hydrogens is 513 g/mol. The maximum Gasteiger partial charge on any atom is 0.410 e. The fraction of sp³-hybridized carbons (Fsp3) is 0.345. The molecule has 2 aromatic heterocycles. The van der Waals surface area contributed by atoms with Crippen LogP contribution in [0.2, 0.25) is 0 Å². The van der Waals surface area contributed by atoms with Crippen LogP contribution in [0.25, 0.3) is 22.3 Å². The molecule has 3 N–H and O–H groups in total. The van der Waals surface area contributed by atoms with E-state index in [1.807, 2.05) is 49.7 Å². The summed E-state index contributed by atoms with van der Waals surface area (Å²) in [4.78, 5) is 35.5. The van der Waals surface area contributed by atoms with Gasteiger partial charge in [0.1, 0.15) is 29.3 Å². The summed E-state index contributed by atoms with van der Waals surface area (Å²) in [7, 11) is 0. The third-order valence-corrected chi connectivity index (χ3v) is 6.68. The van der Waals surface area contributed by atoms with Crippen molar-refractivity contribution in [3.8, 4) is 11.3 Å². The van der Waals surface area contributed by atoms with Gasteiger partial charge in [-0.2, -0.15) is 5.10 Å². The smallest absolute Gasteiger partial charge is 0.410 e. The van der Waals surface area contributed by atoms with Crippen molar-refractivity contribution in [3.63, 3.8) is 0 Å². The van der Waals surface area contributed by atoms with Gasteiger partial charge in [0.25, 0.3) is 5.91 Å². The van der Waals surface area contributed by atoms with Crippen LogP contribution in [-0.4, -0.2) is 55.3 Å². The molecule has 0 unspecified atom stereocenters.